The zero-order valence-electron chi connectivity index (χ0n) is 17.2. The SMILES string of the molecule is Cc1ccc(N)cc1C(=O)NC(C)c1ccc(C#CC(C)C)c(-c2cccs2)c1. The van der Waals surface area contributed by atoms with E-state index in [9.17, 15) is 4.79 Å². The van der Waals surface area contributed by atoms with E-state index in [1.807, 2.05) is 38.1 Å². The lowest BCUT2D eigenvalue weighted by Gasteiger charge is -2.17. The molecule has 3 N–H and O–H groups in total. The molecule has 148 valence electrons. The Morgan fingerprint density at radius 1 is 1.10 bits per heavy atom. The van der Waals surface area contributed by atoms with E-state index >= 15 is 0 Å². The Hall–Kier alpha value is -3.03. The summed E-state index contributed by atoms with van der Waals surface area (Å²) in [6, 6.07) is 15.6. The van der Waals surface area contributed by atoms with Crippen molar-refractivity contribution in [2.75, 3.05) is 5.73 Å². The molecule has 0 fully saturated rings. The lowest BCUT2D eigenvalue weighted by atomic mass is 9.98. The molecule has 3 nitrogen and oxygen atoms in total. The quantitative estimate of drug-likeness (QED) is 0.428. The van der Waals surface area contributed by atoms with Crippen molar-refractivity contribution in [2.45, 2.75) is 33.7 Å². The van der Waals surface area contributed by atoms with E-state index in [0.29, 0.717) is 17.2 Å². The minimum atomic E-state index is -0.144. The molecule has 0 spiro atoms. The number of hydrogen-bond donors (Lipinski definition) is 2. The summed E-state index contributed by atoms with van der Waals surface area (Å²) in [6.45, 7) is 8.08. The van der Waals surface area contributed by atoms with Gasteiger partial charge in [0.1, 0.15) is 0 Å². The third-order valence-electron chi connectivity index (χ3n) is 4.68. The molecule has 0 bridgehead atoms. The molecule has 0 radical (unpaired) electrons. The van der Waals surface area contributed by atoms with Crippen molar-refractivity contribution in [2.24, 2.45) is 5.92 Å². The summed E-state index contributed by atoms with van der Waals surface area (Å²) in [7, 11) is 0. The van der Waals surface area contributed by atoms with Gasteiger partial charge in [0.2, 0.25) is 0 Å². The Morgan fingerprint density at radius 2 is 1.90 bits per heavy atom. The summed E-state index contributed by atoms with van der Waals surface area (Å²) in [4.78, 5) is 13.9. The first-order chi connectivity index (χ1) is 13.8. The minimum absolute atomic E-state index is 0.122. The van der Waals surface area contributed by atoms with Gasteiger partial charge < -0.3 is 11.1 Å². The molecule has 0 aliphatic heterocycles. The second kappa shape index (κ2) is 8.98. The van der Waals surface area contributed by atoms with E-state index < -0.39 is 0 Å². The number of nitrogens with one attached hydrogen (secondary N) is 1. The maximum atomic E-state index is 12.8. The molecule has 0 saturated carbocycles. The van der Waals surface area contributed by atoms with Gasteiger partial charge in [-0.05, 0) is 60.7 Å². The number of aryl methyl sites for hydroxylation is 1. The van der Waals surface area contributed by atoms with Crippen LogP contribution in [-0.2, 0) is 0 Å². The van der Waals surface area contributed by atoms with Gasteiger partial charge in [0.25, 0.3) is 5.91 Å². The van der Waals surface area contributed by atoms with E-state index in [2.05, 4.69) is 48.5 Å². The summed E-state index contributed by atoms with van der Waals surface area (Å²) in [5.41, 5.74) is 11.1. The lowest BCUT2D eigenvalue weighted by molar-refractivity contribution is 0.0939. The van der Waals surface area contributed by atoms with E-state index in [-0.39, 0.29) is 11.9 Å². The Labute approximate surface area is 177 Å². The summed E-state index contributed by atoms with van der Waals surface area (Å²) >= 11 is 1.69. The van der Waals surface area contributed by atoms with Crippen LogP contribution in [0.5, 0.6) is 0 Å². The first-order valence-corrected chi connectivity index (χ1v) is 10.6. The molecule has 0 aliphatic carbocycles. The number of benzene rings is 2. The molecule has 2 aromatic carbocycles. The normalized spacial score (nSPS) is 11.6. The van der Waals surface area contributed by atoms with Crippen LogP contribution in [0, 0.1) is 24.7 Å². The van der Waals surface area contributed by atoms with E-state index in [1.54, 1.807) is 23.5 Å². The maximum Gasteiger partial charge on any atom is 0.252 e. The Balaban J connectivity index is 1.90. The topological polar surface area (TPSA) is 55.1 Å². The van der Waals surface area contributed by atoms with Crippen molar-refractivity contribution in [1.29, 1.82) is 0 Å². The molecule has 0 saturated heterocycles. The third kappa shape index (κ3) is 5.07. The lowest BCUT2D eigenvalue weighted by Crippen LogP contribution is -2.27. The van der Waals surface area contributed by atoms with Gasteiger partial charge in [-0.25, -0.2) is 0 Å². The molecule has 0 aliphatic rings. The summed E-state index contributed by atoms with van der Waals surface area (Å²) in [5, 5.41) is 5.16. The molecule has 29 heavy (non-hydrogen) atoms. The summed E-state index contributed by atoms with van der Waals surface area (Å²) in [6.07, 6.45) is 0. The number of carbonyl (C=O) groups is 1. The first kappa shape index (κ1) is 20.7. The van der Waals surface area contributed by atoms with Gasteiger partial charge in [0, 0.05) is 33.2 Å². The highest BCUT2D eigenvalue weighted by molar-refractivity contribution is 7.13. The van der Waals surface area contributed by atoms with Crippen LogP contribution in [0.1, 0.15) is 53.9 Å². The second-order valence-corrected chi connectivity index (χ2v) is 8.42. The predicted octanol–water partition coefficient (Wildman–Crippen LogP) is 5.80. The molecule has 1 aromatic heterocycles. The molecule has 1 atom stereocenters. The van der Waals surface area contributed by atoms with Gasteiger partial charge in [-0.3, -0.25) is 4.79 Å². The molecule has 3 rings (SSSR count). The number of anilines is 1. The van der Waals surface area contributed by atoms with Crippen molar-refractivity contribution in [3.63, 3.8) is 0 Å². The first-order valence-electron chi connectivity index (χ1n) is 9.71. The van der Waals surface area contributed by atoms with Crippen molar-refractivity contribution >= 4 is 22.9 Å². The zero-order chi connectivity index (χ0) is 21.0. The van der Waals surface area contributed by atoms with E-state index in [0.717, 1.165) is 22.3 Å². The highest BCUT2D eigenvalue weighted by Crippen LogP contribution is 2.30. The van der Waals surface area contributed by atoms with Gasteiger partial charge >= 0.3 is 0 Å². The number of amides is 1. The van der Waals surface area contributed by atoms with Crippen LogP contribution in [0.4, 0.5) is 5.69 Å². The number of nitrogens with two attached hydrogens (primary N) is 1. The van der Waals surface area contributed by atoms with Crippen molar-refractivity contribution in [3.05, 3.63) is 76.2 Å². The van der Waals surface area contributed by atoms with E-state index in [4.69, 9.17) is 5.73 Å². The van der Waals surface area contributed by atoms with Gasteiger partial charge in [0.05, 0.1) is 6.04 Å². The number of nitrogen functional groups attached to an aromatic ring is 1. The van der Waals surface area contributed by atoms with Gasteiger partial charge in [-0.1, -0.05) is 43.9 Å². The molecular formula is C25H26N2OS. The van der Waals surface area contributed by atoms with Crippen molar-refractivity contribution in [1.82, 2.24) is 5.32 Å². The summed E-state index contributed by atoms with van der Waals surface area (Å²) in [5.74, 6) is 6.74. The Bertz CT molecular complexity index is 1070. The number of thiophene rings is 1. The Kier molecular flexibility index (Phi) is 6.41. The van der Waals surface area contributed by atoms with Crippen molar-refractivity contribution in [3.8, 4) is 22.3 Å². The van der Waals surface area contributed by atoms with Gasteiger partial charge in [0.15, 0.2) is 0 Å². The fourth-order valence-corrected chi connectivity index (χ4v) is 3.80. The fourth-order valence-electron chi connectivity index (χ4n) is 3.04. The van der Waals surface area contributed by atoms with Gasteiger partial charge in [-0.2, -0.15) is 0 Å². The third-order valence-corrected chi connectivity index (χ3v) is 5.58. The predicted molar refractivity (Wildman–Crippen MR) is 123 cm³/mol. The standard InChI is InChI=1S/C25H26N2OS/c1-16(2)7-9-19-10-11-20(14-23(19)24-6-5-13-29-24)18(4)27-25(28)22-15-21(26)12-8-17(22)3/h5-6,8,10-16,18H,26H2,1-4H3,(H,27,28). The highest BCUT2D eigenvalue weighted by Gasteiger charge is 2.15. The highest BCUT2D eigenvalue weighted by atomic mass is 32.1. The molecule has 4 heteroatoms. The average molecular weight is 403 g/mol. The number of rotatable bonds is 4. The zero-order valence-corrected chi connectivity index (χ0v) is 18.1. The van der Waals surface area contributed by atoms with Crippen molar-refractivity contribution < 1.29 is 4.79 Å². The largest absolute Gasteiger partial charge is 0.399 e. The Morgan fingerprint density at radius 3 is 2.59 bits per heavy atom. The van der Waals surface area contributed by atoms with Crippen LogP contribution in [0.2, 0.25) is 0 Å². The smallest absolute Gasteiger partial charge is 0.252 e. The summed E-state index contributed by atoms with van der Waals surface area (Å²) < 4.78 is 0. The number of carbonyl (C=O) groups excluding carboxylic acids is 1. The van der Waals surface area contributed by atoms with Crippen LogP contribution in [-0.4, -0.2) is 5.91 Å². The number of hydrogen-bond acceptors (Lipinski definition) is 3. The van der Waals surface area contributed by atoms with Crippen LogP contribution in [0.25, 0.3) is 10.4 Å². The molecule has 1 heterocycles. The monoisotopic (exact) mass is 402 g/mol. The van der Waals surface area contributed by atoms with E-state index in [1.165, 1.54) is 4.88 Å². The van der Waals surface area contributed by atoms with Crippen LogP contribution < -0.4 is 11.1 Å². The fraction of sp³-hybridized carbons (Fsp3) is 0.240. The second-order valence-electron chi connectivity index (χ2n) is 7.48. The van der Waals surface area contributed by atoms with Crippen LogP contribution >= 0.6 is 11.3 Å². The van der Waals surface area contributed by atoms with Gasteiger partial charge in [-0.15, -0.1) is 11.3 Å². The van der Waals surface area contributed by atoms with Crippen LogP contribution in [0.3, 0.4) is 0 Å². The molecule has 1 amide bonds. The minimum Gasteiger partial charge on any atom is -0.399 e. The maximum absolute atomic E-state index is 12.8. The average Bonchev–Trinajstić information content (AvgIpc) is 3.22. The molecular weight excluding hydrogens is 376 g/mol. The molecule has 1 unspecified atom stereocenters. The van der Waals surface area contributed by atoms with Crippen LogP contribution in [0.15, 0.2) is 53.9 Å². The molecule has 3 aromatic rings.